The molecule has 0 saturated heterocycles. The van der Waals surface area contributed by atoms with Crippen LogP contribution < -0.4 is 27.3 Å². The SMILES string of the molecule is Cc1ccc([S+](c2ccc(C)cc2)c2c(C(C)C)ccc3sc4ccccc4c(=O)c23)cc1.Fc1c(F)c(F)c([B-](c2c(F)c(F)c(F)c(F)c2F)(c2c(F)c(F)c(F)c(F)c2F)c2c(F)c(F)c(F)c(F)c2F)c(F)c1F. The zero-order valence-corrected chi connectivity index (χ0v) is 41.2. The van der Waals surface area contributed by atoms with E-state index in [1.165, 1.54) is 31.4 Å². The van der Waals surface area contributed by atoms with Crippen LogP contribution in [0.2, 0.25) is 0 Å². The van der Waals surface area contributed by atoms with Gasteiger partial charge in [-0.2, -0.15) is 0 Å². The first-order valence-corrected chi connectivity index (χ1v) is 24.3. The van der Waals surface area contributed by atoms with Crippen LogP contribution in [0.25, 0.3) is 20.2 Å². The van der Waals surface area contributed by atoms with Gasteiger partial charge in [-0.15, -0.1) is 33.2 Å². The molecule has 9 aromatic rings. The van der Waals surface area contributed by atoms with Gasteiger partial charge in [0.25, 0.3) is 0 Å². The number of hydrogen-bond donors (Lipinski definition) is 0. The third kappa shape index (κ3) is 8.83. The monoisotopic (exact) mass is 1150 g/mol. The van der Waals surface area contributed by atoms with Gasteiger partial charge in [0.1, 0.15) is 63.6 Å². The third-order valence-electron chi connectivity index (χ3n) is 12.8. The summed E-state index contributed by atoms with van der Waals surface area (Å²) >= 11 is 1.72. The molecule has 0 radical (unpaired) electrons. The maximum Gasteiger partial charge on any atom is 0.200 e. The fraction of sp³-hybridized carbons (Fsp3) is 0.0926. The molecule has 0 aliphatic heterocycles. The zero-order chi connectivity index (χ0) is 57.5. The molecule has 0 fully saturated rings. The standard InChI is InChI=1S/C30H27OS2.C24BF20/c1-19(2)24-17-18-27-28(29(31)25-7-5-6-8-26(25)32-27)30(24)33(22-13-9-20(3)10-14-22)23-15-11-21(4)12-16-23;26-5-1(6(27)14(35)21(42)13(5)34)25(2-7(28)15(36)22(43)16(37)8(2)29,3-9(30)17(38)23(44)18(39)10(3)31)4-11(32)19(40)24(45)20(41)12(4)33/h5-19H,1-4H3;/q+1;-1. The van der Waals surface area contributed by atoms with E-state index in [1.807, 2.05) is 18.2 Å². The van der Waals surface area contributed by atoms with Crippen LogP contribution in [0.5, 0.6) is 0 Å². The number of halogens is 20. The van der Waals surface area contributed by atoms with Crippen LogP contribution in [0.15, 0.2) is 104 Å². The summed E-state index contributed by atoms with van der Waals surface area (Å²) in [6.45, 7) is 8.69. The molecule has 0 aliphatic rings. The number of benzene rings is 8. The average Bonchev–Trinajstić information content (AvgIpc) is 3.27. The van der Waals surface area contributed by atoms with Crippen molar-refractivity contribution in [1.82, 2.24) is 0 Å². The smallest absolute Gasteiger partial charge is 0.200 e. The van der Waals surface area contributed by atoms with E-state index in [4.69, 9.17) is 0 Å². The number of fused-ring (bicyclic) bond motifs is 2. The molecule has 1 aromatic heterocycles. The van der Waals surface area contributed by atoms with Crippen LogP contribution in [0, 0.1) is 130 Å². The van der Waals surface area contributed by atoms with Crippen molar-refractivity contribution in [1.29, 1.82) is 0 Å². The highest BCUT2D eigenvalue weighted by molar-refractivity contribution is 7.97. The summed E-state index contributed by atoms with van der Waals surface area (Å²) in [6, 6.07) is 30.0. The Bertz CT molecular complexity index is 3570. The van der Waals surface area contributed by atoms with E-state index in [0.717, 1.165) is 20.2 Å². The van der Waals surface area contributed by atoms with Crippen molar-refractivity contribution >= 4 is 70.4 Å². The Morgan fingerprint density at radius 3 is 0.974 bits per heavy atom. The van der Waals surface area contributed by atoms with Crippen molar-refractivity contribution in [2.24, 2.45) is 0 Å². The van der Waals surface area contributed by atoms with Gasteiger partial charge >= 0.3 is 0 Å². The minimum absolute atomic E-state index is 0.147. The highest BCUT2D eigenvalue weighted by Crippen LogP contribution is 2.42. The van der Waals surface area contributed by atoms with E-state index in [-0.39, 0.29) is 16.3 Å². The first kappa shape index (κ1) is 56.9. The van der Waals surface area contributed by atoms with Gasteiger partial charge in [-0.05, 0) is 62.2 Å². The molecule has 404 valence electrons. The number of rotatable bonds is 8. The summed E-state index contributed by atoms with van der Waals surface area (Å²) in [4.78, 5) is 17.6. The van der Waals surface area contributed by atoms with Gasteiger partial charge in [-0.3, -0.25) is 4.79 Å². The van der Waals surface area contributed by atoms with Gasteiger partial charge < -0.3 is 0 Å². The molecule has 24 heteroatoms. The minimum Gasteiger partial charge on any atom is -0.288 e. The summed E-state index contributed by atoms with van der Waals surface area (Å²) in [5, 5.41) is 1.70. The lowest BCUT2D eigenvalue weighted by Gasteiger charge is -2.44. The Labute approximate surface area is 433 Å². The lowest BCUT2D eigenvalue weighted by molar-refractivity contribution is 0.378. The molecule has 0 aliphatic carbocycles. The first-order valence-electron chi connectivity index (χ1n) is 22.2. The van der Waals surface area contributed by atoms with Gasteiger partial charge in [0.15, 0.2) is 84.5 Å². The molecular formula is C54H27BF20OS2. The van der Waals surface area contributed by atoms with Crippen molar-refractivity contribution in [3.63, 3.8) is 0 Å². The molecule has 8 aromatic carbocycles. The van der Waals surface area contributed by atoms with Crippen molar-refractivity contribution in [3.8, 4) is 0 Å². The quantitative estimate of drug-likeness (QED) is 0.0370. The largest absolute Gasteiger partial charge is 0.288 e. The summed E-state index contributed by atoms with van der Waals surface area (Å²) in [5.74, 6) is -71.1. The Morgan fingerprint density at radius 1 is 0.372 bits per heavy atom. The van der Waals surface area contributed by atoms with Crippen LogP contribution in [0.3, 0.4) is 0 Å². The maximum atomic E-state index is 15.4. The lowest BCUT2D eigenvalue weighted by atomic mass is 9.12. The molecule has 0 amide bonds. The van der Waals surface area contributed by atoms with Gasteiger partial charge in [0.05, 0.1) is 5.39 Å². The molecule has 0 spiro atoms. The molecule has 1 nitrogen and oxygen atoms in total. The predicted molar refractivity (Wildman–Crippen MR) is 253 cm³/mol. The average molecular weight is 1150 g/mol. The highest BCUT2D eigenvalue weighted by atomic mass is 32.2. The molecular weight excluding hydrogens is 1120 g/mol. The second-order valence-electron chi connectivity index (χ2n) is 17.7. The second-order valence-corrected chi connectivity index (χ2v) is 20.7. The molecule has 1 heterocycles. The predicted octanol–water partition coefficient (Wildman–Crippen LogP) is 14.1. The van der Waals surface area contributed by atoms with Crippen LogP contribution >= 0.6 is 11.3 Å². The van der Waals surface area contributed by atoms with Crippen molar-refractivity contribution in [3.05, 3.63) is 228 Å². The topological polar surface area (TPSA) is 17.1 Å². The first-order chi connectivity index (χ1) is 36.6. The fourth-order valence-electron chi connectivity index (χ4n) is 9.15. The Hall–Kier alpha value is -7.34. The second kappa shape index (κ2) is 21.1. The Kier molecular flexibility index (Phi) is 15.4. The molecule has 0 atom stereocenters. The van der Waals surface area contributed by atoms with Crippen molar-refractivity contribution < 1.29 is 87.8 Å². The molecule has 0 unspecified atom stereocenters. The van der Waals surface area contributed by atoms with Crippen LogP contribution in [-0.4, -0.2) is 6.15 Å². The number of hydrogen-bond acceptors (Lipinski definition) is 2. The molecule has 9 rings (SSSR count). The summed E-state index contributed by atoms with van der Waals surface area (Å²) < 4.78 is 296. The molecule has 0 saturated carbocycles. The van der Waals surface area contributed by atoms with E-state index < -0.39 is 144 Å². The van der Waals surface area contributed by atoms with Gasteiger partial charge in [0, 0.05) is 20.3 Å². The van der Waals surface area contributed by atoms with Gasteiger partial charge in [-0.25, -0.2) is 87.8 Å². The fourth-order valence-corrected chi connectivity index (χ4v) is 12.8. The van der Waals surface area contributed by atoms with Gasteiger partial charge in [-0.1, -0.05) is 67.4 Å². The van der Waals surface area contributed by atoms with Crippen molar-refractivity contribution in [2.45, 2.75) is 48.3 Å². The van der Waals surface area contributed by atoms with E-state index in [0.29, 0.717) is 5.92 Å². The summed E-state index contributed by atoms with van der Waals surface area (Å²) in [7, 11) is -0.384. The maximum absolute atomic E-state index is 15.4. The molecule has 0 N–H and O–H groups in total. The van der Waals surface area contributed by atoms with E-state index in [2.05, 4.69) is 94.4 Å². The summed E-state index contributed by atoms with van der Waals surface area (Å²) in [6.07, 6.45) is -7.22. The normalized spacial score (nSPS) is 11.9. The van der Waals surface area contributed by atoms with E-state index in [9.17, 15) is 57.5 Å². The zero-order valence-electron chi connectivity index (χ0n) is 39.5. The lowest BCUT2D eigenvalue weighted by Crippen LogP contribution is -2.81. The van der Waals surface area contributed by atoms with Crippen LogP contribution in [0.4, 0.5) is 87.8 Å². The van der Waals surface area contributed by atoms with Crippen LogP contribution in [0.1, 0.15) is 36.5 Å². The summed E-state index contributed by atoms with van der Waals surface area (Å²) in [5.41, 5.74) is -10.4. The van der Waals surface area contributed by atoms with Crippen molar-refractivity contribution in [2.75, 3.05) is 0 Å². The van der Waals surface area contributed by atoms with E-state index in [1.54, 1.807) is 11.3 Å². The Balaban J connectivity index is 0.000000215. The van der Waals surface area contributed by atoms with E-state index >= 15 is 35.1 Å². The van der Waals surface area contributed by atoms with Gasteiger partial charge in [0.2, 0.25) is 5.43 Å². The third-order valence-corrected chi connectivity index (χ3v) is 16.2. The highest BCUT2D eigenvalue weighted by Gasteiger charge is 2.52. The minimum atomic E-state index is -7.22. The number of aryl methyl sites for hydroxylation is 2. The molecule has 78 heavy (non-hydrogen) atoms. The molecule has 0 bridgehead atoms. The Morgan fingerprint density at radius 2 is 0.667 bits per heavy atom. The van der Waals surface area contributed by atoms with Crippen LogP contribution in [-0.2, 0) is 10.9 Å².